The van der Waals surface area contributed by atoms with Crippen molar-refractivity contribution in [1.82, 2.24) is 4.90 Å². The third kappa shape index (κ3) is 4.89. The number of likely N-dealkylation sites (tertiary alicyclic amines) is 1. The third-order valence-corrected chi connectivity index (χ3v) is 3.71. The normalized spacial score (nSPS) is 18.1. The maximum absolute atomic E-state index is 12.3. The molecular weight excluding hydrogens is 284 g/mol. The minimum absolute atomic E-state index is 0.132. The molecule has 0 saturated carbocycles. The number of hydrogen-bond donors (Lipinski definition) is 2. The van der Waals surface area contributed by atoms with E-state index in [9.17, 15) is 9.90 Å². The monoisotopic (exact) mass is 308 g/mol. The van der Waals surface area contributed by atoms with Crippen LogP contribution in [0.1, 0.15) is 12.8 Å². The van der Waals surface area contributed by atoms with Gasteiger partial charge in [-0.05, 0) is 30.9 Å². The number of methoxy groups -OCH3 is 1. The molecule has 0 spiro atoms. The molecule has 2 amide bonds. The first-order valence-corrected chi connectivity index (χ1v) is 7.61. The number of carbonyl (C=O) groups is 1. The largest absolute Gasteiger partial charge is 0.491 e. The lowest BCUT2D eigenvalue weighted by molar-refractivity contribution is 0.136. The molecule has 1 aliphatic heterocycles. The molecule has 6 heteroatoms. The van der Waals surface area contributed by atoms with E-state index in [0.29, 0.717) is 31.2 Å². The van der Waals surface area contributed by atoms with Crippen LogP contribution in [-0.4, -0.2) is 56.1 Å². The fourth-order valence-corrected chi connectivity index (χ4v) is 2.51. The highest BCUT2D eigenvalue weighted by molar-refractivity contribution is 5.89. The molecule has 2 rings (SSSR count). The molecule has 1 heterocycles. The Balaban J connectivity index is 1.89. The van der Waals surface area contributed by atoms with Crippen LogP contribution in [0.15, 0.2) is 24.3 Å². The number of aliphatic hydroxyl groups excluding tert-OH is 1. The second-order valence-electron chi connectivity index (χ2n) is 5.44. The summed E-state index contributed by atoms with van der Waals surface area (Å²) in [5.41, 5.74) is 0.700. The number of carbonyl (C=O) groups excluding carboxylic acids is 1. The molecule has 1 aliphatic rings. The Morgan fingerprint density at radius 1 is 1.45 bits per heavy atom. The summed E-state index contributed by atoms with van der Waals surface area (Å²) in [7, 11) is 1.62. The smallest absolute Gasteiger partial charge is 0.321 e. The van der Waals surface area contributed by atoms with Crippen LogP contribution in [0.5, 0.6) is 5.75 Å². The Morgan fingerprint density at radius 3 is 3.09 bits per heavy atom. The van der Waals surface area contributed by atoms with Gasteiger partial charge in [-0.25, -0.2) is 4.79 Å². The van der Waals surface area contributed by atoms with Crippen molar-refractivity contribution in [2.24, 2.45) is 5.92 Å². The van der Waals surface area contributed by atoms with E-state index in [2.05, 4.69) is 5.32 Å². The van der Waals surface area contributed by atoms with Gasteiger partial charge in [0.05, 0.1) is 6.61 Å². The first-order chi connectivity index (χ1) is 10.7. The number of nitrogens with one attached hydrogen (secondary N) is 1. The van der Waals surface area contributed by atoms with Crippen molar-refractivity contribution >= 4 is 11.7 Å². The van der Waals surface area contributed by atoms with Crippen molar-refractivity contribution in [3.8, 4) is 5.75 Å². The zero-order chi connectivity index (χ0) is 15.8. The first kappa shape index (κ1) is 16.6. The predicted molar refractivity (Wildman–Crippen MR) is 84.2 cm³/mol. The van der Waals surface area contributed by atoms with Crippen molar-refractivity contribution < 1.29 is 19.4 Å². The van der Waals surface area contributed by atoms with Crippen molar-refractivity contribution in [3.05, 3.63) is 24.3 Å². The number of hydrogen-bond acceptors (Lipinski definition) is 4. The van der Waals surface area contributed by atoms with Gasteiger partial charge in [0.2, 0.25) is 0 Å². The molecule has 0 aliphatic carbocycles. The molecule has 1 unspecified atom stereocenters. The van der Waals surface area contributed by atoms with Gasteiger partial charge in [0.15, 0.2) is 0 Å². The summed E-state index contributed by atoms with van der Waals surface area (Å²) >= 11 is 0. The van der Waals surface area contributed by atoms with Crippen LogP contribution in [-0.2, 0) is 4.74 Å². The number of ether oxygens (including phenoxy) is 2. The number of piperidine rings is 1. The van der Waals surface area contributed by atoms with E-state index in [-0.39, 0.29) is 18.6 Å². The van der Waals surface area contributed by atoms with Gasteiger partial charge < -0.3 is 24.8 Å². The van der Waals surface area contributed by atoms with Crippen LogP contribution in [0.3, 0.4) is 0 Å². The molecule has 1 saturated heterocycles. The number of benzene rings is 1. The van der Waals surface area contributed by atoms with Crippen LogP contribution in [0.4, 0.5) is 10.5 Å². The minimum Gasteiger partial charge on any atom is -0.491 e. The van der Waals surface area contributed by atoms with Gasteiger partial charge in [-0.3, -0.25) is 0 Å². The van der Waals surface area contributed by atoms with Gasteiger partial charge in [0.1, 0.15) is 12.4 Å². The van der Waals surface area contributed by atoms with E-state index >= 15 is 0 Å². The maximum Gasteiger partial charge on any atom is 0.321 e. The summed E-state index contributed by atoms with van der Waals surface area (Å²) in [5, 5.41) is 12.1. The Hall–Kier alpha value is -1.79. The lowest BCUT2D eigenvalue weighted by atomic mass is 9.99. The fourth-order valence-electron chi connectivity index (χ4n) is 2.51. The van der Waals surface area contributed by atoms with E-state index in [4.69, 9.17) is 9.47 Å². The fraction of sp³-hybridized carbons (Fsp3) is 0.562. The molecule has 1 aromatic rings. The van der Waals surface area contributed by atoms with Crippen LogP contribution in [0, 0.1) is 5.92 Å². The number of urea groups is 1. The summed E-state index contributed by atoms with van der Waals surface area (Å²) in [6.07, 6.45) is 1.90. The number of rotatable bonds is 6. The number of aliphatic hydroxyl groups is 1. The highest BCUT2D eigenvalue weighted by Crippen LogP contribution is 2.20. The molecule has 0 radical (unpaired) electrons. The Bertz CT molecular complexity index is 481. The van der Waals surface area contributed by atoms with Crippen LogP contribution < -0.4 is 10.1 Å². The second-order valence-corrected chi connectivity index (χ2v) is 5.44. The summed E-state index contributed by atoms with van der Waals surface area (Å²) in [5.74, 6) is 0.880. The summed E-state index contributed by atoms with van der Waals surface area (Å²) in [6, 6.07) is 7.17. The van der Waals surface area contributed by atoms with Gasteiger partial charge in [-0.15, -0.1) is 0 Å². The van der Waals surface area contributed by atoms with E-state index in [1.54, 1.807) is 18.1 Å². The zero-order valence-electron chi connectivity index (χ0n) is 13.0. The molecule has 22 heavy (non-hydrogen) atoms. The van der Waals surface area contributed by atoms with Gasteiger partial charge in [-0.1, -0.05) is 6.07 Å². The van der Waals surface area contributed by atoms with Gasteiger partial charge >= 0.3 is 6.03 Å². The van der Waals surface area contributed by atoms with Gasteiger partial charge in [0, 0.05) is 38.6 Å². The van der Waals surface area contributed by atoms with E-state index in [1.165, 1.54) is 0 Å². The van der Waals surface area contributed by atoms with E-state index in [1.807, 2.05) is 18.2 Å². The van der Waals surface area contributed by atoms with Gasteiger partial charge in [-0.2, -0.15) is 0 Å². The van der Waals surface area contributed by atoms with E-state index < -0.39 is 0 Å². The van der Waals surface area contributed by atoms with Crippen molar-refractivity contribution in [2.75, 3.05) is 45.3 Å². The molecule has 0 aromatic heterocycles. The lowest BCUT2D eigenvalue weighted by Gasteiger charge is -2.31. The van der Waals surface area contributed by atoms with Crippen LogP contribution >= 0.6 is 0 Å². The van der Waals surface area contributed by atoms with Crippen molar-refractivity contribution in [3.63, 3.8) is 0 Å². The standard InChI is InChI=1S/C16H24N2O4/c1-21-8-9-22-15-6-2-5-14(10-15)17-16(20)18-7-3-4-13(11-18)12-19/h2,5-6,10,13,19H,3-4,7-9,11-12H2,1H3,(H,17,20). The highest BCUT2D eigenvalue weighted by Gasteiger charge is 2.23. The highest BCUT2D eigenvalue weighted by atomic mass is 16.5. The van der Waals surface area contributed by atoms with Gasteiger partial charge in [0.25, 0.3) is 0 Å². The van der Waals surface area contributed by atoms with Crippen LogP contribution in [0.25, 0.3) is 0 Å². The quantitative estimate of drug-likeness (QED) is 0.788. The molecule has 1 aromatic carbocycles. The lowest BCUT2D eigenvalue weighted by Crippen LogP contribution is -2.43. The average Bonchev–Trinajstić information content (AvgIpc) is 2.55. The molecule has 122 valence electrons. The molecular formula is C16H24N2O4. The minimum atomic E-state index is -0.132. The molecule has 1 fully saturated rings. The zero-order valence-corrected chi connectivity index (χ0v) is 13.0. The van der Waals surface area contributed by atoms with Crippen molar-refractivity contribution in [2.45, 2.75) is 12.8 Å². The third-order valence-electron chi connectivity index (χ3n) is 3.71. The second kappa shape index (κ2) is 8.60. The number of amides is 2. The summed E-state index contributed by atoms with van der Waals surface area (Å²) < 4.78 is 10.5. The Labute approximate surface area is 131 Å². The van der Waals surface area contributed by atoms with E-state index in [0.717, 1.165) is 19.4 Å². The Kier molecular flexibility index (Phi) is 6.48. The Morgan fingerprint density at radius 2 is 2.32 bits per heavy atom. The molecule has 6 nitrogen and oxygen atoms in total. The van der Waals surface area contributed by atoms with Crippen molar-refractivity contribution in [1.29, 1.82) is 0 Å². The SMILES string of the molecule is COCCOc1cccc(NC(=O)N2CCCC(CO)C2)c1. The summed E-state index contributed by atoms with van der Waals surface area (Å²) in [4.78, 5) is 14.0. The maximum atomic E-state index is 12.3. The number of anilines is 1. The molecule has 0 bridgehead atoms. The topological polar surface area (TPSA) is 71.0 Å². The molecule has 2 N–H and O–H groups in total. The summed E-state index contributed by atoms with van der Waals surface area (Å²) in [6.45, 7) is 2.45. The number of nitrogens with zero attached hydrogens (tertiary/aromatic N) is 1. The predicted octanol–water partition coefficient (Wildman–Crippen LogP) is 1.95. The average molecular weight is 308 g/mol. The van der Waals surface area contributed by atoms with Crippen LogP contribution in [0.2, 0.25) is 0 Å². The first-order valence-electron chi connectivity index (χ1n) is 7.61. The molecule has 1 atom stereocenters.